The van der Waals surface area contributed by atoms with Gasteiger partial charge in [-0.2, -0.15) is 0 Å². The van der Waals surface area contributed by atoms with Crippen LogP contribution in [0.5, 0.6) is 0 Å². The first-order chi connectivity index (χ1) is 14.1. The fourth-order valence-electron chi connectivity index (χ4n) is 3.13. The highest BCUT2D eigenvalue weighted by molar-refractivity contribution is 7.99. The number of thioether (sulfide) groups is 1. The van der Waals surface area contributed by atoms with Gasteiger partial charge in [-0.15, -0.1) is 10.2 Å². The number of aromatic nitrogens is 4. The van der Waals surface area contributed by atoms with Crippen LogP contribution in [0.15, 0.2) is 47.6 Å². The van der Waals surface area contributed by atoms with E-state index in [2.05, 4.69) is 40.4 Å². The standard InChI is InChI=1S/C21H21N5OS2/c1-4-26-19(15-10-6-5-8-13(15)2)24-25-21(26)28-12-17(27)22-20-23-18-14(3)9-7-11-16(18)29-20/h5-11H,4,12H2,1-3H3,(H,22,23,27). The molecular weight excluding hydrogens is 402 g/mol. The molecule has 0 unspecified atom stereocenters. The number of nitrogens with zero attached hydrogens (tertiary/aromatic N) is 4. The third-order valence-corrected chi connectivity index (χ3v) is 6.52. The molecule has 2 heterocycles. The van der Waals surface area contributed by atoms with E-state index in [0.717, 1.165) is 44.4 Å². The fourth-order valence-corrected chi connectivity index (χ4v) is 4.89. The lowest BCUT2D eigenvalue weighted by Gasteiger charge is -2.09. The molecule has 0 bridgehead atoms. The number of carbonyl (C=O) groups excluding carboxylic acids is 1. The Labute approximate surface area is 177 Å². The summed E-state index contributed by atoms with van der Waals surface area (Å²) in [6, 6.07) is 14.1. The highest BCUT2D eigenvalue weighted by Crippen LogP contribution is 2.29. The van der Waals surface area contributed by atoms with Crippen LogP contribution >= 0.6 is 23.1 Å². The molecule has 0 radical (unpaired) electrons. The number of nitrogens with one attached hydrogen (secondary N) is 1. The van der Waals surface area contributed by atoms with Crippen LogP contribution in [0.3, 0.4) is 0 Å². The molecule has 148 valence electrons. The molecule has 0 aliphatic rings. The zero-order valence-corrected chi connectivity index (χ0v) is 18.1. The highest BCUT2D eigenvalue weighted by atomic mass is 32.2. The normalized spacial score (nSPS) is 11.1. The van der Waals surface area contributed by atoms with Crippen molar-refractivity contribution in [3.63, 3.8) is 0 Å². The summed E-state index contributed by atoms with van der Waals surface area (Å²) < 4.78 is 3.11. The third-order valence-electron chi connectivity index (χ3n) is 4.62. The Morgan fingerprint density at radius 3 is 2.66 bits per heavy atom. The van der Waals surface area contributed by atoms with Gasteiger partial charge < -0.3 is 9.88 Å². The number of hydrogen-bond donors (Lipinski definition) is 1. The molecule has 0 aliphatic carbocycles. The van der Waals surface area contributed by atoms with Crippen molar-refractivity contribution in [3.8, 4) is 11.4 Å². The third kappa shape index (κ3) is 4.04. The van der Waals surface area contributed by atoms with Crippen LogP contribution in [0.4, 0.5) is 5.13 Å². The lowest BCUT2D eigenvalue weighted by Crippen LogP contribution is -2.14. The zero-order chi connectivity index (χ0) is 20.4. The predicted molar refractivity (Wildman–Crippen MR) is 120 cm³/mol. The molecular formula is C21H21N5OS2. The topological polar surface area (TPSA) is 72.7 Å². The van der Waals surface area contributed by atoms with Crippen LogP contribution in [0, 0.1) is 13.8 Å². The fraction of sp³-hybridized carbons (Fsp3) is 0.238. The second-order valence-electron chi connectivity index (χ2n) is 6.64. The Kier molecular flexibility index (Phi) is 5.64. The number of carbonyl (C=O) groups is 1. The second-order valence-corrected chi connectivity index (χ2v) is 8.62. The van der Waals surface area contributed by atoms with Gasteiger partial charge in [0.15, 0.2) is 16.1 Å². The summed E-state index contributed by atoms with van der Waals surface area (Å²) in [6.07, 6.45) is 0. The summed E-state index contributed by atoms with van der Waals surface area (Å²) in [5.74, 6) is 0.978. The van der Waals surface area contributed by atoms with Crippen LogP contribution in [0.1, 0.15) is 18.1 Å². The van der Waals surface area contributed by atoms with Crippen molar-refractivity contribution in [2.75, 3.05) is 11.1 Å². The summed E-state index contributed by atoms with van der Waals surface area (Å²) in [5, 5.41) is 12.9. The maximum absolute atomic E-state index is 12.5. The molecule has 1 N–H and O–H groups in total. The molecule has 4 aromatic rings. The molecule has 2 aromatic carbocycles. The van der Waals surface area contributed by atoms with Crippen LogP contribution in [-0.2, 0) is 11.3 Å². The number of thiazole rings is 1. The maximum Gasteiger partial charge on any atom is 0.236 e. The smallest absolute Gasteiger partial charge is 0.236 e. The second kappa shape index (κ2) is 8.34. The van der Waals surface area contributed by atoms with E-state index < -0.39 is 0 Å². The van der Waals surface area contributed by atoms with Crippen molar-refractivity contribution < 1.29 is 4.79 Å². The van der Waals surface area contributed by atoms with Crippen LogP contribution < -0.4 is 5.32 Å². The van der Waals surface area contributed by atoms with Gasteiger partial charge in [-0.25, -0.2) is 4.98 Å². The molecule has 0 saturated heterocycles. The average Bonchev–Trinajstić information content (AvgIpc) is 3.31. The summed E-state index contributed by atoms with van der Waals surface area (Å²) in [7, 11) is 0. The Morgan fingerprint density at radius 2 is 1.90 bits per heavy atom. The van der Waals surface area contributed by atoms with E-state index in [1.165, 1.54) is 23.1 Å². The number of anilines is 1. The van der Waals surface area contributed by atoms with E-state index in [1.807, 2.05) is 47.9 Å². The highest BCUT2D eigenvalue weighted by Gasteiger charge is 2.16. The summed E-state index contributed by atoms with van der Waals surface area (Å²) in [6.45, 7) is 6.87. The Balaban J connectivity index is 1.46. The number of rotatable bonds is 6. The minimum atomic E-state index is -0.102. The lowest BCUT2D eigenvalue weighted by atomic mass is 10.1. The molecule has 8 heteroatoms. The quantitative estimate of drug-likeness (QED) is 0.446. The van der Waals surface area contributed by atoms with Crippen molar-refractivity contribution in [2.24, 2.45) is 0 Å². The molecule has 0 aliphatic heterocycles. The molecule has 1 amide bonds. The first-order valence-corrected chi connectivity index (χ1v) is 11.1. The Morgan fingerprint density at radius 1 is 1.10 bits per heavy atom. The molecule has 6 nitrogen and oxygen atoms in total. The van der Waals surface area contributed by atoms with Crippen molar-refractivity contribution in [2.45, 2.75) is 32.5 Å². The SMILES string of the molecule is CCn1c(SCC(=O)Nc2nc3c(C)cccc3s2)nnc1-c1ccccc1C. The van der Waals surface area contributed by atoms with Gasteiger partial charge in [0.1, 0.15) is 0 Å². The number of benzene rings is 2. The van der Waals surface area contributed by atoms with Gasteiger partial charge in [0.05, 0.1) is 16.0 Å². The molecule has 0 saturated carbocycles. The van der Waals surface area contributed by atoms with E-state index >= 15 is 0 Å². The minimum absolute atomic E-state index is 0.102. The monoisotopic (exact) mass is 423 g/mol. The summed E-state index contributed by atoms with van der Waals surface area (Å²) in [5.41, 5.74) is 4.25. The van der Waals surface area contributed by atoms with E-state index in [0.29, 0.717) is 5.13 Å². The predicted octanol–water partition coefficient (Wildman–Crippen LogP) is 4.92. The van der Waals surface area contributed by atoms with Gasteiger partial charge in [-0.1, -0.05) is 59.5 Å². The average molecular weight is 424 g/mol. The van der Waals surface area contributed by atoms with Crippen molar-refractivity contribution >= 4 is 44.4 Å². The van der Waals surface area contributed by atoms with E-state index in [1.54, 1.807) is 0 Å². The molecule has 0 atom stereocenters. The van der Waals surface area contributed by atoms with Gasteiger partial charge in [0, 0.05) is 12.1 Å². The number of para-hydroxylation sites is 1. The van der Waals surface area contributed by atoms with Gasteiger partial charge in [-0.05, 0) is 38.0 Å². The van der Waals surface area contributed by atoms with Crippen molar-refractivity contribution in [1.82, 2.24) is 19.7 Å². The Bertz CT molecular complexity index is 1180. The van der Waals surface area contributed by atoms with Crippen LogP contribution in [0.25, 0.3) is 21.6 Å². The molecule has 29 heavy (non-hydrogen) atoms. The number of aryl methyl sites for hydroxylation is 2. The Hall–Kier alpha value is -2.71. The first kappa shape index (κ1) is 19.6. The van der Waals surface area contributed by atoms with Crippen LogP contribution in [-0.4, -0.2) is 31.4 Å². The van der Waals surface area contributed by atoms with Crippen molar-refractivity contribution in [3.05, 3.63) is 53.6 Å². The minimum Gasteiger partial charge on any atom is -0.302 e. The number of fused-ring (bicyclic) bond motifs is 1. The number of amides is 1. The summed E-state index contributed by atoms with van der Waals surface area (Å²) >= 11 is 2.87. The van der Waals surface area contributed by atoms with Gasteiger partial charge in [0.2, 0.25) is 5.91 Å². The number of hydrogen-bond acceptors (Lipinski definition) is 6. The maximum atomic E-state index is 12.5. The van der Waals surface area contributed by atoms with Crippen molar-refractivity contribution in [1.29, 1.82) is 0 Å². The zero-order valence-electron chi connectivity index (χ0n) is 16.5. The lowest BCUT2D eigenvalue weighted by molar-refractivity contribution is -0.113. The van der Waals surface area contributed by atoms with E-state index in [4.69, 9.17) is 0 Å². The van der Waals surface area contributed by atoms with Gasteiger partial charge >= 0.3 is 0 Å². The molecule has 2 aromatic heterocycles. The molecule has 4 rings (SSSR count). The first-order valence-electron chi connectivity index (χ1n) is 9.35. The van der Waals surface area contributed by atoms with Crippen LogP contribution in [0.2, 0.25) is 0 Å². The van der Waals surface area contributed by atoms with E-state index in [-0.39, 0.29) is 11.7 Å². The molecule has 0 spiro atoms. The summed E-state index contributed by atoms with van der Waals surface area (Å²) in [4.78, 5) is 17.0. The van der Waals surface area contributed by atoms with Gasteiger partial charge in [-0.3, -0.25) is 4.79 Å². The van der Waals surface area contributed by atoms with E-state index in [9.17, 15) is 4.79 Å². The largest absolute Gasteiger partial charge is 0.302 e. The van der Waals surface area contributed by atoms with Gasteiger partial charge in [0.25, 0.3) is 0 Å². The molecule has 0 fully saturated rings.